The first-order valence-corrected chi connectivity index (χ1v) is 9.91. The second kappa shape index (κ2) is 9.59. The highest BCUT2D eigenvalue weighted by Gasteiger charge is 2.24. The molecule has 2 fully saturated rings. The van der Waals surface area contributed by atoms with Gasteiger partial charge in [0.05, 0.1) is 13.1 Å². The summed E-state index contributed by atoms with van der Waals surface area (Å²) in [7, 11) is 1.74. The molecular formula is C19H30N6O3. The van der Waals surface area contributed by atoms with Crippen molar-refractivity contribution >= 4 is 17.8 Å². The summed E-state index contributed by atoms with van der Waals surface area (Å²) < 4.78 is 5.38. The maximum absolute atomic E-state index is 12.4. The van der Waals surface area contributed by atoms with E-state index in [1.165, 1.54) is 6.42 Å². The second-order valence-electron chi connectivity index (χ2n) is 7.24. The van der Waals surface area contributed by atoms with Gasteiger partial charge in [-0.3, -0.25) is 19.5 Å². The van der Waals surface area contributed by atoms with Gasteiger partial charge in [-0.2, -0.15) is 0 Å². The summed E-state index contributed by atoms with van der Waals surface area (Å²) in [5.41, 5.74) is 5.20. The number of nitrogens with one attached hydrogen (secondary N) is 1. The number of rotatable bonds is 5. The van der Waals surface area contributed by atoms with Gasteiger partial charge in [-0.25, -0.2) is 0 Å². The smallest absolute Gasteiger partial charge is 0.284 e. The first kappa shape index (κ1) is 20.2. The zero-order valence-corrected chi connectivity index (χ0v) is 16.5. The van der Waals surface area contributed by atoms with Crippen molar-refractivity contribution in [3.05, 3.63) is 23.7 Å². The molecule has 154 valence electrons. The maximum Gasteiger partial charge on any atom is 0.284 e. The zero-order valence-electron chi connectivity index (χ0n) is 16.5. The van der Waals surface area contributed by atoms with Crippen molar-refractivity contribution in [2.75, 3.05) is 52.9 Å². The highest BCUT2D eigenvalue weighted by atomic mass is 16.3. The number of carbonyl (C=O) groups is 2. The molecule has 9 heteroatoms. The van der Waals surface area contributed by atoms with Crippen molar-refractivity contribution in [3.63, 3.8) is 0 Å². The molecule has 28 heavy (non-hydrogen) atoms. The Morgan fingerprint density at radius 1 is 1.07 bits per heavy atom. The van der Waals surface area contributed by atoms with Crippen molar-refractivity contribution in [2.45, 2.75) is 25.8 Å². The number of likely N-dealkylation sites (tertiary alicyclic amines) is 1. The van der Waals surface area contributed by atoms with Crippen LogP contribution in [-0.2, 0) is 11.3 Å². The number of guanidine groups is 1. The van der Waals surface area contributed by atoms with E-state index in [0.29, 0.717) is 18.8 Å². The lowest BCUT2D eigenvalue weighted by Gasteiger charge is -2.37. The van der Waals surface area contributed by atoms with Crippen LogP contribution in [0.5, 0.6) is 0 Å². The molecule has 2 saturated heterocycles. The van der Waals surface area contributed by atoms with Crippen LogP contribution < -0.4 is 11.1 Å². The van der Waals surface area contributed by atoms with Crippen LogP contribution in [0.3, 0.4) is 0 Å². The van der Waals surface area contributed by atoms with Gasteiger partial charge in [0, 0.05) is 46.3 Å². The number of aliphatic imine (C=N–C) groups is 1. The number of hydrogen-bond donors (Lipinski definition) is 2. The number of furan rings is 1. The predicted molar refractivity (Wildman–Crippen MR) is 106 cm³/mol. The molecule has 1 aromatic heterocycles. The second-order valence-corrected chi connectivity index (χ2v) is 7.24. The normalized spacial score (nSPS) is 19.0. The van der Waals surface area contributed by atoms with Gasteiger partial charge in [0.15, 0.2) is 11.7 Å². The van der Waals surface area contributed by atoms with Crippen molar-refractivity contribution in [1.82, 2.24) is 20.0 Å². The first-order chi connectivity index (χ1) is 13.6. The van der Waals surface area contributed by atoms with Crippen LogP contribution in [0.4, 0.5) is 0 Å². The number of amides is 2. The molecule has 0 bridgehead atoms. The van der Waals surface area contributed by atoms with Crippen molar-refractivity contribution in [3.8, 4) is 0 Å². The minimum Gasteiger partial charge on any atom is -0.454 e. The molecule has 0 atom stereocenters. The van der Waals surface area contributed by atoms with E-state index in [1.54, 1.807) is 19.2 Å². The molecule has 0 radical (unpaired) electrons. The van der Waals surface area contributed by atoms with Crippen LogP contribution in [-0.4, -0.2) is 85.3 Å². The monoisotopic (exact) mass is 390 g/mol. The van der Waals surface area contributed by atoms with Gasteiger partial charge >= 0.3 is 0 Å². The Hall–Kier alpha value is -2.55. The van der Waals surface area contributed by atoms with Gasteiger partial charge < -0.3 is 25.3 Å². The minimum atomic E-state index is -0.578. The van der Waals surface area contributed by atoms with E-state index in [-0.39, 0.29) is 11.7 Å². The van der Waals surface area contributed by atoms with E-state index < -0.39 is 5.91 Å². The van der Waals surface area contributed by atoms with E-state index in [4.69, 9.17) is 10.2 Å². The molecule has 0 spiro atoms. The average Bonchev–Trinajstić information content (AvgIpc) is 3.20. The van der Waals surface area contributed by atoms with E-state index >= 15 is 0 Å². The molecule has 0 saturated carbocycles. The van der Waals surface area contributed by atoms with Crippen LogP contribution in [0.25, 0.3) is 0 Å². The Labute approximate surface area is 165 Å². The molecule has 1 aromatic rings. The Morgan fingerprint density at radius 2 is 1.79 bits per heavy atom. The van der Waals surface area contributed by atoms with Gasteiger partial charge in [-0.1, -0.05) is 0 Å². The molecule has 3 N–H and O–H groups in total. The summed E-state index contributed by atoms with van der Waals surface area (Å²) in [6.07, 6.45) is 3.48. The van der Waals surface area contributed by atoms with Crippen molar-refractivity contribution in [1.29, 1.82) is 0 Å². The molecule has 3 rings (SSSR count). The van der Waals surface area contributed by atoms with E-state index in [1.807, 2.05) is 4.90 Å². The van der Waals surface area contributed by atoms with Gasteiger partial charge in [0.25, 0.3) is 5.91 Å². The summed E-state index contributed by atoms with van der Waals surface area (Å²) in [6.45, 7) is 5.99. The van der Waals surface area contributed by atoms with Gasteiger partial charge in [0.1, 0.15) is 5.76 Å². The topological polar surface area (TPSA) is 107 Å². The molecule has 3 heterocycles. The number of carbonyl (C=O) groups excluding carboxylic acids is 2. The molecule has 2 aliphatic rings. The van der Waals surface area contributed by atoms with Crippen molar-refractivity contribution < 1.29 is 14.0 Å². The summed E-state index contributed by atoms with van der Waals surface area (Å²) in [4.78, 5) is 34.3. The number of nitrogens with two attached hydrogens (primary N) is 1. The lowest BCUT2D eigenvalue weighted by molar-refractivity contribution is -0.133. The standard InChI is InChI=1S/C19H30N6O3/c1-21-19(22-13-15-5-6-16(28-15)18(20)27)25-11-9-23(10-12-25)14-17(26)24-7-3-2-4-8-24/h5-6H,2-4,7-14H2,1H3,(H2,20,27)(H,21,22). The number of piperidine rings is 1. The third-order valence-electron chi connectivity index (χ3n) is 5.28. The third kappa shape index (κ3) is 5.25. The predicted octanol–water partition coefficient (Wildman–Crippen LogP) is 0.0840. The number of piperazine rings is 1. The third-order valence-corrected chi connectivity index (χ3v) is 5.28. The maximum atomic E-state index is 12.4. The molecule has 0 aliphatic carbocycles. The number of nitrogens with zero attached hydrogens (tertiary/aromatic N) is 4. The summed E-state index contributed by atoms with van der Waals surface area (Å²) >= 11 is 0. The van der Waals surface area contributed by atoms with Crippen LogP contribution >= 0.6 is 0 Å². The van der Waals surface area contributed by atoms with Crippen LogP contribution in [0.2, 0.25) is 0 Å². The van der Waals surface area contributed by atoms with E-state index in [0.717, 1.165) is 58.1 Å². The van der Waals surface area contributed by atoms with E-state index in [9.17, 15) is 9.59 Å². The summed E-state index contributed by atoms with van der Waals surface area (Å²) in [5.74, 6) is 1.23. The Kier molecular flexibility index (Phi) is 6.91. The van der Waals surface area contributed by atoms with Gasteiger partial charge in [-0.15, -0.1) is 0 Å². The lowest BCUT2D eigenvalue weighted by atomic mass is 10.1. The van der Waals surface area contributed by atoms with Crippen LogP contribution in [0.15, 0.2) is 21.5 Å². The summed E-state index contributed by atoms with van der Waals surface area (Å²) in [6, 6.07) is 3.30. The van der Waals surface area contributed by atoms with Crippen LogP contribution in [0, 0.1) is 0 Å². The Balaban J connectivity index is 1.43. The summed E-state index contributed by atoms with van der Waals surface area (Å²) in [5, 5.41) is 3.25. The fraction of sp³-hybridized carbons (Fsp3) is 0.632. The Bertz CT molecular complexity index is 702. The fourth-order valence-electron chi connectivity index (χ4n) is 3.66. The fourth-order valence-corrected chi connectivity index (χ4v) is 3.66. The lowest BCUT2D eigenvalue weighted by Crippen LogP contribution is -2.54. The van der Waals surface area contributed by atoms with Gasteiger partial charge in [-0.05, 0) is 31.4 Å². The molecule has 0 unspecified atom stereocenters. The first-order valence-electron chi connectivity index (χ1n) is 9.91. The molecule has 2 aliphatic heterocycles. The van der Waals surface area contributed by atoms with Crippen LogP contribution in [0.1, 0.15) is 35.6 Å². The molecular weight excluding hydrogens is 360 g/mol. The molecule has 0 aromatic carbocycles. The largest absolute Gasteiger partial charge is 0.454 e. The SMILES string of the molecule is CN=C(NCc1ccc(C(N)=O)o1)N1CCN(CC(=O)N2CCCCC2)CC1. The number of primary amides is 1. The molecule has 9 nitrogen and oxygen atoms in total. The average molecular weight is 390 g/mol. The minimum absolute atomic E-state index is 0.152. The zero-order chi connectivity index (χ0) is 19.9. The van der Waals surface area contributed by atoms with Crippen molar-refractivity contribution in [2.24, 2.45) is 10.7 Å². The highest BCUT2D eigenvalue weighted by molar-refractivity contribution is 5.89. The number of hydrogen-bond acceptors (Lipinski definition) is 5. The Morgan fingerprint density at radius 3 is 2.39 bits per heavy atom. The highest BCUT2D eigenvalue weighted by Crippen LogP contribution is 2.11. The van der Waals surface area contributed by atoms with Gasteiger partial charge in [0.2, 0.25) is 5.91 Å². The molecule has 2 amide bonds. The van der Waals surface area contributed by atoms with E-state index in [2.05, 4.69) is 20.1 Å². The quantitative estimate of drug-likeness (QED) is 0.545.